The van der Waals surface area contributed by atoms with Gasteiger partial charge >= 0.3 is 0 Å². The van der Waals surface area contributed by atoms with Crippen LogP contribution in [-0.2, 0) is 5.75 Å². The Kier molecular flexibility index (Phi) is 4.33. The maximum absolute atomic E-state index is 13.1. The van der Waals surface area contributed by atoms with Gasteiger partial charge in [0, 0.05) is 10.0 Å². The molecule has 0 unspecified atom stereocenters. The van der Waals surface area contributed by atoms with Crippen LogP contribution in [0.25, 0.3) is 11.4 Å². The zero-order chi connectivity index (χ0) is 13.0. The first-order chi connectivity index (χ1) is 8.70. The van der Waals surface area contributed by atoms with Gasteiger partial charge in [-0.05, 0) is 18.2 Å². The second-order valence-electron chi connectivity index (χ2n) is 3.29. The molecule has 1 heterocycles. The molecule has 0 radical (unpaired) electrons. The molecule has 92 valence electrons. The van der Waals surface area contributed by atoms with Gasteiger partial charge in [-0.1, -0.05) is 21.1 Å². The van der Waals surface area contributed by atoms with Crippen LogP contribution in [0.5, 0.6) is 0 Å². The Morgan fingerprint density at radius 1 is 1.50 bits per heavy atom. The Morgan fingerprint density at radius 2 is 2.33 bits per heavy atom. The van der Waals surface area contributed by atoms with Crippen LogP contribution < -0.4 is 0 Å². The average molecular weight is 328 g/mol. The van der Waals surface area contributed by atoms with Gasteiger partial charge in [0.15, 0.2) is 0 Å². The molecule has 0 aliphatic carbocycles. The molecule has 0 spiro atoms. The van der Waals surface area contributed by atoms with Crippen molar-refractivity contribution in [3.8, 4) is 17.5 Å². The quantitative estimate of drug-likeness (QED) is 0.805. The van der Waals surface area contributed by atoms with Crippen LogP contribution in [0.15, 0.2) is 27.2 Å². The van der Waals surface area contributed by atoms with E-state index in [2.05, 4.69) is 26.1 Å². The summed E-state index contributed by atoms with van der Waals surface area (Å²) in [6.07, 6.45) is 0. The summed E-state index contributed by atoms with van der Waals surface area (Å²) in [5, 5.41) is 12.2. The van der Waals surface area contributed by atoms with E-state index in [-0.39, 0.29) is 5.82 Å². The maximum atomic E-state index is 13.1. The first-order valence-corrected chi connectivity index (χ1v) is 6.88. The largest absolute Gasteiger partial charge is 0.338 e. The number of halogens is 2. The summed E-state index contributed by atoms with van der Waals surface area (Å²) in [6.45, 7) is 0. The van der Waals surface area contributed by atoms with Crippen molar-refractivity contribution in [2.24, 2.45) is 0 Å². The summed E-state index contributed by atoms with van der Waals surface area (Å²) in [5.74, 6) is 1.21. The first-order valence-electron chi connectivity index (χ1n) is 4.93. The summed E-state index contributed by atoms with van der Waals surface area (Å²) in [5.41, 5.74) is 0.537. The lowest BCUT2D eigenvalue weighted by Gasteiger charge is -1.98. The fourth-order valence-electron chi connectivity index (χ4n) is 1.28. The number of benzene rings is 1. The Bertz CT molecular complexity index is 596. The molecular weight excluding hydrogens is 321 g/mol. The molecule has 4 nitrogen and oxygen atoms in total. The number of nitriles is 1. The van der Waals surface area contributed by atoms with Crippen LogP contribution in [0.2, 0.25) is 0 Å². The normalized spacial score (nSPS) is 10.3. The first kappa shape index (κ1) is 13.1. The number of nitrogens with zero attached hydrogens (tertiary/aromatic N) is 3. The molecule has 1 aromatic heterocycles. The molecule has 0 saturated carbocycles. The van der Waals surface area contributed by atoms with Crippen LogP contribution in [0.3, 0.4) is 0 Å². The van der Waals surface area contributed by atoms with Crippen molar-refractivity contribution >= 4 is 27.7 Å². The third-order valence-electron chi connectivity index (χ3n) is 2.03. The van der Waals surface area contributed by atoms with Crippen molar-refractivity contribution in [2.45, 2.75) is 5.75 Å². The minimum Gasteiger partial charge on any atom is -0.338 e. The third-order valence-corrected chi connectivity index (χ3v) is 3.51. The second-order valence-corrected chi connectivity index (χ2v) is 5.13. The van der Waals surface area contributed by atoms with Gasteiger partial charge in [-0.2, -0.15) is 10.2 Å². The third kappa shape index (κ3) is 3.09. The maximum Gasteiger partial charge on any atom is 0.236 e. The van der Waals surface area contributed by atoms with E-state index in [1.165, 1.54) is 23.9 Å². The van der Waals surface area contributed by atoms with Crippen molar-refractivity contribution in [2.75, 3.05) is 5.75 Å². The van der Waals surface area contributed by atoms with Gasteiger partial charge in [0.2, 0.25) is 11.7 Å². The van der Waals surface area contributed by atoms with Crippen molar-refractivity contribution < 1.29 is 8.91 Å². The van der Waals surface area contributed by atoms with Crippen LogP contribution >= 0.6 is 27.7 Å². The summed E-state index contributed by atoms with van der Waals surface area (Å²) >= 11 is 4.68. The van der Waals surface area contributed by atoms with Crippen molar-refractivity contribution in [3.63, 3.8) is 0 Å². The molecule has 2 aromatic rings. The molecule has 18 heavy (non-hydrogen) atoms. The molecule has 0 atom stereocenters. The van der Waals surface area contributed by atoms with Gasteiger partial charge in [-0.3, -0.25) is 0 Å². The molecular formula is C11H7BrFN3OS. The molecule has 0 fully saturated rings. The van der Waals surface area contributed by atoms with E-state index in [1.807, 2.05) is 6.07 Å². The lowest BCUT2D eigenvalue weighted by molar-refractivity contribution is 0.391. The Hall–Kier alpha value is -1.39. The molecule has 0 aliphatic rings. The van der Waals surface area contributed by atoms with E-state index in [1.54, 1.807) is 6.07 Å². The summed E-state index contributed by atoms with van der Waals surface area (Å²) in [6, 6.07) is 6.28. The van der Waals surface area contributed by atoms with Gasteiger partial charge in [-0.25, -0.2) is 4.39 Å². The number of rotatable bonds is 4. The SMILES string of the molecule is N#CCSCc1nc(-c2cc(F)ccc2Br)no1. The highest BCUT2D eigenvalue weighted by molar-refractivity contribution is 9.10. The zero-order valence-corrected chi connectivity index (χ0v) is 11.5. The van der Waals surface area contributed by atoms with Crippen molar-refractivity contribution in [1.82, 2.24) is 10.1 Å². The molecule has 0 aliphatic heterocycles. The predicted octanol–water partition coefficient (Wildman–Crippen LogP) is 3.39. The Balaban J connectivity index is 2.19. The van der Waals surface area contributed by atoms with E-state index < -0.39 is 0 Å². The van der Waals surface area contributed by atoms with Gasteiger partial charge in [0.25, 0.3) is 0 Å². The number of aromatic nitrogens is 2. The molecule has 2 rings (SSSR count). The standard InChI is InChI=1S/C11H7BrFN3OS/c12-9-2-1-7(13)5-8(9)11-15-10(17-16-11)6-18-4-3-14/h1-2,5H,4,6H2. The van der Waals surface area contributed by atoms with Gasteiger partial charge in [0.1, 0.15) is 5.82 Å². The zero-order valence-electron chi connectivity index (χ0n) is 9.06. The molecule has 0 amide bonds. The highest BCUT2D eigenvalue weighted by atomic mass is 79.9. The number of hydrogen-bond donors (Lipinski definition) is 0. The monoisotopic (exact) mass is 327 g/mol. The van der Waals surface area contributed by atoms with Crippen molar-refractivity contribution in [3.05, 3.63) is 34.4 Å². The lowest BCUT2D eigenvalue weighted by Crippen LogP contribution is -1.86. The summed E-state index contributed by atoms with van der Waals surface area (Å²) in [7, 11) is 0. The summed E-state index contributed by atoms with van der Waals surface area (Å²) in [4.78, 5) is 4.15. The van der Waals surface area contributed by atoms with E-state index in [0.717, 1.165) is 0 Å². The average Bonchev–Trinajstić information content (AvgIpc) is 2.81. The summed E-state index contributed by atoms with van der Waals surface area (Å²) < 4.78 is 18.9. The lowest BCUT2D eigenvalue weighted by atomic mass is 10.2. The van der Waals surface area contributed by atoms with Gasteiger partial charge in [0.05, 0.1) is 17.6 Å². The fourth-order valence-corrected chi connectivity index (χ4v) is 2.18. The van der Waals surface area contributed by atoms with Crippen LogP contribution in [0, 0.1) is 17.1 Å². The molecule has 0 bridgehead atoms. The van der Waals surface area contributed by atoms with Crippen LogP contribution in [0.4, 0.5) is 4.39 Å². The molecule has 0 saturated heterocycles. The fraction of sp³-hybridized carbons (Fsp3) is 0.182. The highest BCUT2D eigenvalue weighted by Gasteiger charge is 2.12. The Morgan fingerprint density at radius 3 is 3.11 bits per heavy atom. The molecule has 7 heteroatoms. The van der Waals surface area contributed by atoms with Gasteiger partial charge < -0.3 is 4.52 Å². The minimum atomic E-state index is -0.363. The highest BCUT2D eigenvalue weighted by Crippen LogP contribution is 2.27. The van der Waals surface area contributed by atoms with E-state index in [9.17, 15) is 4.39 Å². The van der Waals surface area contributed by atoms with Crippen molar-refractivity contribution in [1.29, 1.82) is 5.26 Å². The van der Waals surface area contributed by atoms with Gasteiger partial charge in [-0.15, -0.1) is 11.8 Å². The number of hydrogen-bond acceptors (Lipinski definition) is 5. The number of thioether (sulfide) groups is 1. The Labute approximate surface area is 115 Å². The second kappa shape index (κ2) is 5.98. The van der Waals surface area contributed by atoms with E-state index in [0.29, 0.717) is 33.3 Å². The topological polar surface area (TPSA) is 62.7 Å². The predicted molar refractivity (Wildman–Crippen MR) is 69.2 cm³/mol. The molecule has 0 N–H and O–H groups in total. The van der Waals surface area contributed by atoms with E-state index in [4.69, 9.17) is 9.78 Å². The smallest absolute Gasteiger partial charge is 0.236 e. The molecule has 1 aromatic carbocycles. The van der Waals surface area contributed by atoms with Crippen LogP contribution in [-0.4, -0.2) is 15.9 Å². The van der Waals surface area contributed by atoms with E-state index >= 15 is 0 Å². The minimum absolute atomic E-state index is 0.328. The van der Waals surface area contributed by atoms with Crippen LogP contribution in [0.1, 0.15) is 5.89 Å².